The summed E-state index contributed by atoms with van der Waals surface area (Å²) < 4.78 is 0. The minimum atomic E-state index is -1.22. The molecule has 0 aliphatic rings. The average molecular weight is 156 g/mol. The fraction of sp³-hybridized carbons (Fsp3) is 0.500. The van der Waals surface area contributed by atoms with Crippen molar-refractivity contribution in [1.82, 2.24) is 6.15 Å². The molecule has 0 aliphatic heterocycles. The van der Waals surface area contributed by atoms with Crippen LogP contribution in [0.15, 0.2) is 0 Å². The molecular formula is C2H8CuN2O2. The molecule has 0 unspecified atom stereocenters. The largest absolute Gasteiger partial charge is 0.549 e. The van der Waals surface area contributed by atoms with Crippen molar-refractivity contribution in [2.45, 2.75) is 0 Å². The van der Waals surface area contributed by atoms with Gasteiger partial charge < -0.3 is 21.8 Å². The smallest absolute Gasteiger partial charge is 0.0550 e. The van der Waals surface area contributed by atoms with Crippen LogP contribution in [0.25, 0.3) is 0 Å². The molecule has 0 aromatic heterocycles. The van der Waals surface area contributed by atoms with Crippen LogP contribution in [-0.4, -0.2) is 12.5 Å². The molecule has 0 bridgehead atoms. The van der Waals surface area contributed by atoms with Crippen LogP contribution in [0.4, 0.5) is 0 Å². The molecule has 6 N–H and O–H groups in total. The number of hydrogen-bond acceptors (Lipinski definition) is 3. The minimum Gasteiger partial charge on any atom is -0.549 e. The molecule has 7 heavy (non-hydrogen) atoms. The number of hydrogen-bond donors (Lipinski definition) is 2. The van der Waals surface area contributed by atoms with E-state index in [0.717, 1.165) is 0 Å². The second kappa shape index (κ2) is 9.32. The average Bonchev–Trinajstić information content (AvgIpc) is 1.38. The summed E-state index contributed by atoms with van der Waals surface area (Å²) in [6, 6.07) is 0. The van der Waals surface area contributed by atoms with E-state index in [1.807, 2.05) is 0 Å². The summed E-state index contributed by atoms with van der Waals surface area (Å²) in [4.78, 5) is 9.13. The van der Waals surface area contributed by atoms with Gasteiger partial charge in [-0.15, -0.1) is 0 Å². The van der Waals surface area contributed by atoms with Crippen LogP contribution in [0.1, 0.15) is 0 Å². The Bertz CT molecular complexity index is 49.0. The van der Waals surface area contributed by atoms with Crippen molar-refractivity contribution in [2.24, 2.45) is 5.73 Å². The first kappa shape index (κ1) is 15.8. The maximum atomic E-state index is 9.13. The monoisotopic (exact) mass is 155 g/mol. The van der Waals surface area contributed by atoms with E-state index in [4.69, 9.17) is 9.90 Å². The molecule has 0 aromatic carbocycles. The standard InChI is InChI=1S/C2H5NO2.Cu.H3N/c3-1-2(4)5;;/h1,3H2,(H,4,5);;1H3. The second-order valence-corrected chi connectivity index (χ2v) is 0.576. The summed E-state index contributed by atoms with van der Waals surface area (Å²) in [7, 11) is 0. The van der Waals surface area contributed by atoms with Gasteiger partial charge in [-0.25, -0.2) is 0 Å². The molecule has 0 amide bonds. The van der Waals surface area contributed by atoms with Crippen molar-refractivity contribution in [3.63, 3.8) is 0 Å². The predicted molar refractivity (Wildman–Crippen MR) is 20.0 cm³/mol. The summed E-state index contributed by atoms with van der Waals surface area (Å²) in [5, 5.41) is 9.13. The third kappa shape index (κ3) is 24.8. The third-order valence-corrected chi connectivity index (χ3v) is 0.167. The maximum Gasteiger partial charge on any atom is 0.0550 e. The van der Waals surface area contributed by atoms with Crippen LogP contribution in [-0.2, 0) is 21.9 Å². The van der Waals surface area contributed by atoms with Crippen molar-refractivity contribution in [3.8, 4) is 0 Å². The Labute approximate surface area is 52.1 Å². The van der Waals surface area contributed by atoms with Gasteiger partial charge in [0.25, 0.3) is 0 Å². The topological polar surface area (TPSA) is 103 Å². The minimum absolute atomic E-state index is 0. The summed E-state index contributed by atoms with van der Waals surface area (Å²) in [5.41, 5.74) is 4.51. The molecule has 0 aliphatic carbocycles. The number of carboxylic acids is 1. The van der Waals surface area contributed by atoms with Gasteiger partial charge in [0.15, 0.2) is 0 Å². The van der Waals surface area contributed by atoms with Gasteiger partial charge >= 0.3 is 0 Å². The first-order valence-electron chi connectivity index (χ1n) is 1.17. The number of carbonyl (C=O) groups is 1. The van der Waals surface area contributed by atoms with Crippen LogP contribution >= 0.6 is 0 Å². The van der Waals surface area contributed by atoms with E-state index < -0.39 is 5.97 Å². The number of carbonyl (C=O) groups excluding carboxylic acids is 1. The fourth-order valence-corrected chi connectivity index (χ4v) is 0. The molecule has 0 saturated carbocycles. The molecule has 49 valence electrons. The molecule has 0 aromatic rings. The first-order valence-corrected chi connectivity index (χ1v) is 1.17. The molecule has 1 radical (unpaired) electrons. The zero-order valence-corrected chi connectivity index (χ0v) is 4.84. The van der Waals surface area contributed by atoms with Gasteiger partial charge in [-0.2, -0.15) is 0 Å². The predicted octanol–water partition coefficient (Wildman–Crippen LogP) is -1.93. The molecular weight excluding hydrogens is 148 g/mol. The van der Waals surface area contributed by atoms with Gasteiger partial charge in [0, 0.05) is 23.6 Å². The van der Waals surface area contributed by atoms with Crippen LogP contribution in [0.5, 0.6) is 0 Å². The van der Waals surface area contributed by atoms with Crippen LogP contribution < -0.4 is 17.0 Å². The van der Waals surface area contributed by atoms with Crippen LogP contribution in [0.2, 0.25) is 0 Å². The van der Waals surface area contributed by atoms with Gasteiger partial charge in [-0.05, 0) is 0 Å². The Kier molecular flexibility index (Phi) is 21.0. The molecule has 0 heterocycles. The van der Waals surface area contributed by atoms with E-state index in [2.05, 4.69) is 5.73 Å². The molecule has 0 saturated heterocycles. The van der Waals surface area contributed by atoms with Gasteiger partial charge in [-0.1, -0.05) is 0 Å². The van der Waals surface area contributed by atoms with Crippen LogP contribution in [0, 0.1) is 0 Å². The fourth-order valence-electron chi connectivity index (χ4n) is 0. The molecule has 0 spiro atoms. The molecule has 0 rings (SSSR count). The number of aliphatic carboxylic acids is 1. The number of rotatable bonds is 1. The first-order chi connectivity index (χ1) is 2.27. The van der Waals surface area contributed by atoms with Gasteiger partial charge in [-0.3, -0.25) is 0 Å². The number of nitrogens with two attached hydrogens (primary N) is 1. The summed E-state index contributed by atoms with van der Waals surface area (Å²) in [5.74, 6) is -1.22. The van der Waals surface area contributed by atoms with Crippen molar-refractivity contribution in [2.75, 3.05) is 6.54 Å². The normalized spacial score (nSPS) is 5.29. The quantitative estimate of drug-likeness (QED) is 0.431. The van der Waals surface area contributed by atoms with Crippen molar-refractivity contribution >= 4 is 5.97 Å². The molecule has 5 heteroatoms. The van der Waals surface area contributed by atoms with E-state index in [-0.39, 0.29) is 29.8 Å². The van der Waals surface area contributed by atoms with Crippen molar-refractivity contribution in [1.29, 1.82) is 0 Å². The summed E-state index contributed by atoms with van der Waals surface area (Å²) >= 11 is 0. The molecule has 0 atom stereocenters. The molecule has 0 fully saturated rings. The Morgan fingerprint density at radius 2 is 1.86 bits per heavy atom. The third-order valence-electron chi connectivity index (χ3n) is 0.167. The second-order valence-electron chi connectivity index (χ2n) is 0.576. The van der Waals surface area contributed by atoms with Gasteiger partial charge in [0.2, 0.25) is 0 Å². The zero-order chi connectivity index (χ0) is 4.28. The van der Waals surface area contributed by atoms with E-state index >= 15 is 0 Å². The summed E-state index contributed by atoms with van der Waals surface area (Å²) in [6.07, 6.45) is 0. The molecule has 4 nitrogen and oxygen atoms in total. The zero-order valence-electron chi connectivity index (χ0n) is 3.90. The van der Waals surface area contributed by atoms with E-state index in [1.165, 1.54) is 0 Å². The Hall–Kier alpha value is -0.0905. The number of quaternary nitrogens is 1. The number of carboxylic acid groups (broad SMARTS) is 1. The van der Waals surface area contributed by atoms with E-state index in [1.54, 1.807) is 0 Å². The van der Waals surface area contributed by atoms with Gasteiger partial charge in [0.1, 0.15) is 0 Å². The Morgan fingerprint density at radius 3 is 1.86 bits per heavy atom. The SMILES string of the molecule is NCC(=O)[O-].[Cu].[NH4+]. The van der Waals surface area contributed by atoms with E-state index in [0.29, 0.717) is 0 Å². The van der Waals surface area contributed by atoms with Crippen molar-refractivity contribution in [3.05, 3.63) is 0 Å². The van der Waals surface area contributed by atoms with Crippen molar-refractivity contribution < 1.29 is 27.0 Å². The van der Waals surface area contributed by atoms with E-state index in [9.17, 15) is 0 Å². The summed E-state index contributed by atoms with van der Waals surface area (Å²) in [6.45, 7) is -0.389. The van der Waals surface area contributed by atoms with Crippen LogP contribution in [0.3, 0.4) is 0 Å². The Morgan fingerprint density at radius 1 is 1.71 bits per heavy atom. The maximum absolute atomic E-state index is 9.13. The Balaban J connectivity index is -0.0000000800. The van der Waals surface area contributed by atoms with Gasteiger partial charge in [0.05, 0.1) is 5.97 Å².